The van der Waals surface area contributed by atoms with E-state index >= 15 is 0 Å². The summed E-state index contributed by atoms with van der Waals surface area (Å²) in [5.41, 5.74) is 8.15. The molecule has 0 saturated heterocycles. The molecule has 0 amide bonds. The van der Waals surface area contributed by atoms with Crippen LogP contribution in [0.3, 0.4) is 0 Å². The zero-order valence-electron chi connectivity index (χ0n) is 8.11. The van der Waals surface area contributed by atoms with Crippen LogP contribution in [0.15, 0.2) is 6.33 Å². The molecule has 1 aliphatic carbocycles. The summed E-state index contributed by atoms with van der Waals surface area (Å²) in [6.45, 7) is 2.08. The van der Waals surface area contributed by atoms with Gasteiger partial charge in [0.05, 0.1) is 5.69 Å². The van der Waals surface area contributed by atoms with Crippen molar-refractivity contribution in [1.29, 1.82) is 0 Å². The zero-order chi connectivity index (χ0) is 9.54. The Hall–Kier alpha value is -1.16. The third-order valence-corrected chi connectivity index (χ3v) is 3.13. The predicted molar refractivity (Wildman–Crippen MR) is 53.6 cm³/mol. The van der Waals surface area contributed by atoms with E-state index in [0.29, 0.717) is 5.82 Å². The van der Waals surface area contributed by atoms with Gasteiger partial charge >= 0.3 is 0 Å². The SMILES string of the molecule is Nc1ncnc2c1CN(C1CC1)CC2. The van der Waals surface area contributed by atoms with Crippen LogP contribution in [0.2, 0.25) is 0 Å². The minimum Gasteiger partial charge on any atom is -0.383 e. The Morgan fingerprint density at radius 3 is 3.00 bits per heavy atom. The quantitative estimate of drug-likeness (QED) is 0.703. The summed E-state index contributed by atoms with van der Waals surface area (Å²) in [6, 6.07) is 0.808. The van der Waals surface area contributed by atoms with E-state index < -0.39 is 0 Å². The van der Waals surface area contributed by atoms with Gasteiger partial charge in [-0.2, -0.15) is 0 Å². The standard InChI is InChI=1S/C10H14N4/c11-10-8-5-14(7-1-2-7)4-3-9(8)12-6-13-10/h6-7H,1-5H2,(H2,11,12,13). The molecule has 0 bridgehead atoms. The van der Waals surface area contributed by atoms with Gasteiger partial charge in [0.15, 0.2) is 0 Å². The fourth-order valence-electron chi connectivity index (χ4n) is 2.14. The summed E-state index contributed by atoms with van der Waals surface area (Å²) in [4.78, 5) is 10.8. The molecule has 2 N–H and O–H groups in total. The minimum atomic E-state index is 0.667. The first-order valence-corrected chi connectivity index (χ1v) is 5.17. The van der Waals surface area contributed by atoms with E-state index in [2.05, 4.69) is 14.9 Å². The molecular weight excluding hydrogens is 176 g/mol. The van der Waals surface area contributed by atoms with E-state index in [9.17, 15) is 0 Å². The van der Waals surface area contributed by atoms with Crippen molar-refractivity contribution in [2.24, 2.45) is 0 Å². The normalized spacial score (nSPS) is 22.0. The number of nitrogens with zero attached hydrogens (tertiary/aromatic N) is 3. The van der Waals surface area contributed by atoms with Crippen molar-refractivity contribution in [3.8, 4) is 0 Å². The van der Waals surface area contributed by atoms with Crippen LogP contribution in [-0.4, -0.2) is 27.5 Å². The lowest BCUT2D eigenvalue weighted by atomic mass is 10.1. The summed E-state index contributed by atoms with van der Waals surface area (Å²) in [5, 5.41) is 0. The molecule has 0 unspecified atom stereocenters. The van der Waals surface area contributed by atoms with Crippen LogP contribution in [0.5, 0.6) is 0 Å². The number of anilines is 1. The highest BCUT2D eigenvalue weighted by Gasteiger charge is 2.32. The number of aromatic nitrogens is 2. The molecule has 2 aliphatic rings. The van der Waals surface area contributed by atoms with Gasteiger partial charge in [-0.25, -0.2) is 9.97 Å². The van der Waals surface area contributed by atoms with Crippen molar-refractivity contribution >= 4 is 5.82 Å². The third kappa shape index (κ3) is 1.26. The van der Waals surface area contributed by atoms with Crippen molar-refractivity contribution in [2.75, 3.05) is 12.3 Å². The lowest BCUT2D eigenvalue weighted by molar-refractivity contribution is 0.242. The molecule has 14 heavy (non-hydrogen) atoms. The first-order valence-electron chi connectivity index (χ1n) is 5.17. The lowest BCUT2D eigenvalue weighted by Crippen LogP contribution is -2.33. The molecular formula is C10H14N4. The van der Waals surface area contributed by atoms with Gasteiger partial charge in [-0.15, -0.1) is 0 Å². The molecule has 1 aromatic rings. The maximum absolute atomic E-state index is 5.85. The number of nitrogens with two attached hydrogens (primary N) is 1. The van der Waals surface area contributed by atoms with Crippen LogP contribution in [0.25, 0.3) is 0 Å². The van der Waals surface area contributed by atoms with Crippen LogP contribution in [-0.2, 0) is 13.0 Å². The second-order valence-electron chi connectivity index (χ2n) is 4.14. The van der Waals surface area contributed by atoms with Gasteiger partial charge in [0.1, 0.15) is 12.1 Å². The zero-order valence-corrected chi connectivity index (χ0v) is 8.11. The van der Waals surface area contributed by atoms with E-state index in [0.717, 1.165) is 36.8 Å². The molecule has 4 nitrogen and oxygen atoms in total. The topological polar surface area (TPSA) is 55.0 Å². The smallest absolute Gasteiger partial charge is 0.131 e. The highest BCUT2D eigenvalue weighted by Crippen LogP contribution is 2.31. The number of hydrogen-bond acceptors (Lipinski definition) is 4. The molecule has 0 aromatic carbocycles. The Bertz CT molecular complexity index is 359. The Morgan fingerprint density at radius 1 is 1.36 bits per heavy atom. The first-order chi connectivity index (χ1) is 6.84. The van der Waals surface area contributed by atoms with Crippen molar-refractivity contribution in [3.63, 3.8) is 0 Å². The summed E-state index contributed by atoms with van der Waals surface area (Å²) in [6.07, 6.45) is 5.30. The third-order valence-electron chi connectivity index (χ3n) is 3.13. The van der Waals surface area contributed by atoms with Crippen LogP contribution < -0.4 is 5.73 Å². The molecule has 1 saturated carbocycles. The Kier molecular flexibility index (Phi) is 1.70. The van der Waals surface area contributed by atoms with Crippen molar-refractivity contribution in [3.05, 3.63) is 17.6 Å². The molecule has 0 radical (unpaired) electrons. The molecule has 74 valence electrons. The highest BCUT2D eigenvalue weighted by atomic mass is 15.2. The molecule has 1 fully saturated rings. The van der Waals surface area contributed by atoms with Gasteiger partial charge in [-0.3, -0.25) is 4.90 Å². The summed E-state index contributed by atoms with van der Waals surface area (Å²) in [7, 11) is 0. The van der Waals surface area contributed by atoms with Gasteiger partial charge in [0.25, 0.3) is 0 Å². The lowest BCUT2D eigenvalue weighted by Gasteiger charge is -2.28. The van der Waals surface area contributed by atoms with E-state index in [-0.39, 0.29) is 0 Å². The van der Waals surface area contributed by atoms with E-state index in [1.807, 2.05) is 0 Å². The molecule has 1 aromatic heterocycles. The second-order valence-corrected chi connectivity index (χ2v) is 4.14. The Labute approximate surface area is 83.1 Å². The van der Waals surface area contributed by atoms with Crippen molar-refractivity contribution < 1.29 is 0 Å². The molecule has 4 heteroatoms. The van der Waals surface area contributed by atoms with Gasteiger partial charge in [-0.05, 0) is 12.8 Å². The maximum atomic E-state index is 5.85. The van der Waals surface area contributed by atoms with Gasteiger partial charge in [-0.1, -0.05) is 0 Å². The van der Waals surface area contributed by atoms with E-state index in [1.54, 1.807) is 6.33 Å². The average molecular weight is 190 g/mol. The van der Waals surface area contributed by atoms with Crippen molar-refractivity contribution in [2.45, 2.75) is 31.8 Å². The average Bonchev–Trinajstić information content (AvgIpc) is 3.01. The molecule has 2 heterocycles. The highest BCUT2D eigenvalue weighted by molar-refractivity contribution is 5.42. The van der Waals surface area contributed by atoms with E-state index in [4.69, 9.17) is 5.73 Å². The van der Waals surface area contributed by atoms with Crippen LogP contribution in [0.1, 0.15) is 24.1 Å². The number of fused-ring (bicyclic) bond motifs is 1. The maximum Gasteiger partial charge on any atom is 0.131 e. The van der Waals surface area contributed by atoms with Crippen LogP contribution in [0, 0.1) is 0 Å². The first kappa shape index (κ1) is 8.17. The molecule has 1 aliphatic heterocycles. The van der Waals surface area contributed by atoms with Crippen molar-refractivity contribution in [1.82, 2.24) is 14.9 Å². The Morgan fingerprint density at radius 2 is 2.21 bits per heavy atom. The van der Waals surface area contributed by atoms with Gasteiger partial charge in [0, 0.05) is 31.1 Å². The number of rotatable bonds is 1. The van der Waals surface area contributed by atoms with Crippen LogP contribution >= 0.6 is 0 Å². The fraction of sp³-hybridized carbons (Fsp3) is 0.600. The predicted octanol–water partition coefficient (Wildman–Crippen LogP) is 0.579. The largest absolute Gasteiger partial charge is 0.383 e. The summed E-state index contributed by atoms with van der Waals surface area (Å²) in [5.74, 6) is 0.667. The fourth-order valence-corrected chi connectivity index (χ4v) is 2.14. The summed E-state index contributed by atoms with van der Waals surface area (Å²) < 4.78 is 0. The van der Waals surface area contributed by atoms with Crippen LogP contribution in [0.4, 0.5) is 5.82 Å². The van der Waals surface area contributed by atoms with Gasteiger partial charge < -0.3 is 5.73 Å². The summed E-state index contributed by atoms with van der Waals surface area (Å²) >= 11 is 0. The molecule has 3 rings (SSSR count). The second kappa shape index (κ2) is 2.92. The van der Waals surface area contributed by atoms with Gasteiger partial charge in [0.2, 0.25) is 0 Å². The number of nitrogen functional groups attached to an aromatic ring is 1. The minimum absolute atomic E-state index is 0.667. The molecule has 0 atom stereocenters. The Balaban J connectivity index is 1.91. The molecule has 0 spiro atoms. The number of hydrogen-bond donors (Lipinski definition) is 1. The monoisotopic (exact) mass is 190 g/mol. The van der Waals surface area contributed by atoms with E-state index in [1.165, 1.54) is 12.8 Å².